The molecule has 0 aliphatic heterocycles. The van der Waals surface area contributed by atoms with E-state index in [0.29, 0.717) is 5.95 Å². The van der Waals surface area contributed by atoms with Crippen molar-refractivity contribution in [2.75, 3.05) is 37.8 Å². The smallest absolute Gasteiger partial charge is 0.249 e. The number of anilines is 3. The van der Waals surface area contributed by atoms with Crippen molar-refractivity contribution in [2.45, 2.75) is 20.3 Å². The van der Waals surface area contributed by atoms with Gasteiger partial charge in [-0.3, -0.25) is 0 Å². The Bertz CT molecular complexity index is 591. The fourth-order valence-electron chi connectivity index (χ4n) is 2.18. The summed E-state index contributed by atoms with van der Waals surface area (Å²) in [5.74, 6) is 1.25. The zero-order valence-electron chi connectivity index (χ0n) is 13.7. The first-order valence-corrected chi connectivity index (χ1v) is 7.48. The first-order chi connectivity index (χ1) is 10.6. The van der Waals surface area contributed by atoms with Gasteiger partial charge in [-0.2, -0.15) is 10.1 Å². The SMILES string of the molecule is Cc1cccc(C)c1Nc1nncc(NCCCN(C)C)n1. The number of benzene rings is 1. The summed E-state index contributed by atoms with van der Waals surface area (Å²) in [6.45, 7) is 6.02. The number of nitrogens with zero attached hydrogens (tertiary/aromatic N) is 4. The number of aryl methyl sites for hydroxylation is 2. The minimum Gasteiger partial charge on any atom is -0.369 e. The highest BCUT2D eigenvalue weighted by atomic mass is 15.3. The van der Waals surface area contributed by atoms with Crippen LogP contribution in [0.2, 0.25) is 0 Å². The van der Waals surface area contributed by atoms with Crippen molar-refractivity contribution in [1.82, 2.24) is 20.1 Å². The van der Waals surface area contributed by atoms with Crippen LogP contribution in [-0.2, 0) is 0 Å². The monoisotopic (exact) mass is 300 g/mol. The summed E-state index contributed by atoms with van der Waals surface area (Å²) in [6.07, 6.45) is 2.70. The lowest BCUT2D eigenvalue weighted by Crippen LogP contribution is -2.17. The summed E-state index contributed by atoms with van der Waals surface area (Å²) >= 11 is 0. The normalized spacial score (nSPS) is 10.8. The number of nitrogens with one attached hydrogen (secondary N) is 2. The van der Waals surface area contributed by atoms with E-state index in [2.05, 4.69) is 70.8 Å². The van der Waals surface area contributed by atoms with E-state index in [1.807, 2.05) is 6.07 Å². The molecule has 2 rings (SSSR count). The van der Waals surface area contributed by atoms with Gasteiger partial charge in [0.15, 0.2) is 5.82 Å². The van der Waals surface area contributed by atoms with Crippen molar-refractivity contribution in [3.63, 3.8) is 0 Å². The molecule has 0 saturated carbocycles. The summed E-state index contributed by atoms with van der Waals surface area (Å²) in [5.41, 5.74) is 3.36. The highest BCUT2D eigenvalue weighted by Gasteiger charge is 2.05. The Kier molecular flexibility index (Phi) is 5.66. The Hall–Kier alpha value is -2.21. The average Bonchev–Trinajstić information content (AvgIpc) is 2.48. The van der Waals surface area contributed by atoms with Crippen LogP contribution >= 0.6 is 0 Å². The van der Waals surface area contributed by atoms with Crippen LogP contribution in [0.5, 0.6) is 0 Å². The Morgan fingerprint density at radius 3 is 2.55 bits per heavy atom. The van der Waals surface area contributed by atoms with Crippen molar-refractivity contribution in [3.05, 3.63) is 35.5 Å². The Morgan fingerprint density at radius 1 is 1.14 bits per heavy atom. The van der Waals surface area contributed by atoms with Crippen LogP contribution in [0.15, 0.2) is 24.4 Å². The van der Waals surface area contributed by atoms with E-state index in [1.165, 1.54) is 0 Å². The molecule has 1 heterocycles. The van der Waals surface area contributed by atoms with Crippen molar-refractivity contribution < 1.29 is 0 Å². The zero-order valence-corrected chi connectivity index (χ0v) is 13.7. The number of hydrogen-bond acceptors (Lipinski definition) is 6. The molecule has 0 aliphatic carbocycles. The number of hydrogen-bond donors (Lipinski definition) is 2. The van der Waals surface area contributed by atoms with Crippen LogP contribution in [0.4, 0.5) is 17.5 Å². The molecule has 6 nitrogen and oxygen atoms in total. The maximum atomic E-state index is 4.46. The second-order valence-electron chi connectivity index (χ2n) is 5.64. The molecule has 22 heavy (non-hydrogen) atoms. The van der Waals surface area contributed by atoms with Gasteiger partial charge in [0.25, 0.3) is 0 Å². The summed E-state index contributed by atoms with van der Waals surface area (Å²) in [5, 5.41) is 14.6. The van der Waals surface area contributed by atoms with Gasteiger partial charge in [-0.15, -0.1) is 5.10 Å². The third kappa shape index (κ3) is 4.66. The number of aromatic nitrogens is 3. The van der Waals surface area contributed by atoms with Crippen molar-refractivity contribution in [3.8, 4) is 0 Å². The van der Waals surface area contributed by atoms with Crippen molar-refractivity contribution in [2.24, 2.45) is 0 Å². The third-order valence-electron chi connectivity index (χ3n) is 3.36. The lowest BCUT2D eigenvalue weighted by atomic mass is 10.1. The van der Waals surface area contributed by atoms with E-state index < -0.39 is 0 Å². The van der Waals surface area contributed by atoms with Gasteiger partial charge in [-0.1, -0.05) is 18.2 Å². The summed E-state index contributed by atoms with van der Waals surface area (Å²) in [4.78, 5) is 6.62. The Morgan fingerprint density at radius 2 is 1.86 bits per heavy atom. The molecule has 1 aromatic carbocycles. The summed E-state index contributed by atoms with van der Waals surface area (Å²) < 4.78 is 0. The minimum absolute atomic E-state index is 0.509. The first-order valence-electron chi connectivity index (χ1n) is 7.48. The molecule has 0 fully saturated rings. The largest absolute Gasteiger partial charge is 0.369 e. The Labute approximate surface area is 132 Å². The molecule has 118 valence electrons. The number of para-hydroxylation sites is 1. The van der Waals surface area contributed by atoms with E-state index in [9.17, 15) is 0 Å². The van der Waals surface area contributed by atoms with Crippen LogP contribution < -0.4 is 10.6 Å². The molecule has 0 atom stereocenters. The Balaban J connectivity index is 1.99. The summed E-state index contributed by atoms with van der Waals surface area (Å²) in [6, 6.07) is 6.16. The molecule has 0 spiro atoms. The van der Waals surface area contributed by atoms with Gasteiger partial charge in [0, 0.05) is 12.2 Å². The van der Waals surface area contributed by atoms with Gasteiger partial charge in [0.2, 0.25) is 5.95 Å². The van der Waals surface area contributed by atoms with Gasteiger partial charge in [-0.05, 0) is 52.0 Å². The predicted molar refractivity (Wildman–Crippen MR) is 90.7 cm³/mol. The average molecular weight is 300 g/mol. The van der Waals surface area contributed by atoms with E-state index >= 15 is 0 Å². The molecular formula is C16H24N6. The van der Waals surface area contributed by atoms with Gasteiger partial charge >= 0.3 is 0 Å². The molecular weight excluding hydrogens is 276 g/mol. The van der Waals surface area contributed by atoms with E-state index in [0.717, 1.165) is 42.1 Å². The van der Waals surface area contributed by atoms with Gasteiger partial charge in [-0.25, -0.2) is 0 Å². The summed E-state index contributed by atoms with van der Waals surface area (Å²) in [7, 11) is 4.14. The first kappa shape index (κ1) is 16.2. The molecule has 1 aromatic heterocycles. The lowest BCUT2D eigenvalue weighted by molar-refractivity contribution is 0.405. The standard InChI is InChI=1S/C16H24N6/c1-12-7-5-8-13(2)15(12)20-16-19-14(11-18-21-16)17-9-6-10-22(3)4/h5,7-8,11H,6,9-10H2,1-4H3,(H2,17,19,20,21). The predicted octanol–water partition coefficient (Wildman–Crippen LogP) is 2.60. The van der Waals surface area contributed by atoms with Crippen LogP contribution in [0.3, 0.4) is 0 Å². The molecule has 6 heteroatoms. The quantitative estimate of drug-likeness (QED) is 0.766. The highest BCUT2D eigenvalue weighted by molar-refractivity contribution is 5.62. The molecule has 0 radical (unpaired) electrons. The molecule has 0 aliphatic rings. The fraction of sp³-hybridized carbons (Fsp3) is 0.438. The molecule has 2 aromatic rings. The van der Waals surface area contributed by atoms with E-state index in [4.69, 9.17) is 0 Å². The van der Waals surface area contributed by atoms with Crippen LogP contribution in [0.25, 0.3) is 0 Å². The maximum Gasteiger partial charge on any atom is 0.249 e. The lowest BCUT2D eigenvalue weighted by Gasteiger charge is -2.12. The van der Waals surface area contributed by atoms with Crippen molar-refractivity contribution in [1.29, 1.82) is 0 Å². The van der Waals surface area contributed by atoms with Gasteiger partial charge in [0.1, 0.15) is 0 Å². The van der Waals surface area contributed by atoms with E-state index in [-0.39, 0.29) is 0 Å². The number of rotatable bonds is 7. The maximum absolute atomic E-state index is 4.46. The molecule has 0 saturated heterocycles. The van der Waals surface area contributed by atoms with Crippen LogP contribution in [0, 0.1) is 13.8 Å². The second kappa shape index (κ2) is 7.70. The second-order valence-corrected chi connectivity index (χ2v) is 5.64. The third-order valence-corrected chi connectivity index (χ3v) is 3.36. The van der Waals surface area contributed by atoms with Crippen LogP contribution in [-0.4, -0.2) is 47.3 Å². The zero-order chi connectivity index (χ0) is 15.9. The van der Waals surface area contributed by atoms with E-state index in [1.54, 1.807) is 6.20 Å². The van der Waals surface area contributed by atoms with Gasteiger partial charge in [0.05, 0.1) is 6.20 Å². The molecule has 0 amide bonds. The molecule has 2 N–H and O–H groups in total. The van der Waals surface area contributed by atoms with Gasteiger partial charge < -0.3 is 15.5 Å². The minimum atomic E-state index is 0.509. The highest BCUT2D eigenvalue weighted by Crippen LogP contribution is 2.22. The molecule has 0 bridgehead atoms. The fourth-order valence-corrected chi connectivity index (χ4v) is 2.18. The topological polar surface area (TPSA) is 66.0 Å². The van der Waals surface area contributed by atoms with Crippen molar-refractivity contribution >= 4 is 17.5 Å². The van der Waals surface area contributed by atoms with Crippen LogP contribution in [0.1, 0.15) is 17.5 Å². The molecule has 0 unspecified atom stereocenters.